The van der Waals surface area contributed by atoms with Crippen LogP contribution in [0.4, 0.5) is 13.2 Å². The van der Waals surface area contributed by atoms with E-state index in [2.05, 4.69) is 20.5 Å². The molecule has 0 bridgehead atoms. The predicted molar refractivity (Wildman–Crippen MR) is 139 cm³/mol. The first-order valence-electron chi connectivity index (χ1n) is 11.9. The first-order valence-corrected chi connectivity index (χ1v) is 12.7. The predicted octanol–water partition coefficient (Wildman–Crippen LogP) is 3.76. The number of benzene rings is 2. The highest BCUT2D eigenvalue weighted by atomic mass is 32.2. The molecule has 4 rings (SSSR count). The minimum Gasteiger partial charge on any atom is -0.493 e. The van der Waals surface area contributed by atoms with Crippen LogP contribution in [0, 0.1) is 11.3 Å². The third-order valence-electron chi connectivity index (χ3n) is 5.78. The van der Waals surface area contributed by atoms with E-state index in [0.717, 1.165) is 31.6 Å². The van der Waals surface area contributed by atoms with E-state index in [9.17, 15) is 22.8 Å². The number of nitriles is 1. The van der Waals surface area contributed by atoms with Gasteiger partial charge in [0.2, 0.25) is 5.91 Å². The Morgan fingerprint density at radius 2 is 2.00 bits per heavy atom. The molecule has 0 atom stereocenters. The Morgan fingerprint density at radius 3 is 2.72 bits per heavy atom. The van der Waals surface area contributed by atoms with Crippen LogP contribution < -0.4 is 20.1 Å². The summed E-state index contributed by atoms with van der Waals surface area (Å²) < 4.78 is 51.4. The second kappa shape index (κ2) is 12.2. The van der Waals surface area contributed by atoms with Gasteiger partial charge >= 0.3 is 6.18 Å². The van der Waals surface area contributed by atoms with Crippen molar-refractivity contribution in [3.63, 3.8) is 0 Å². The van der Waals surface area contributed by atoms with Gasteiger partial charge in [0.05, 0.1) is 35.8 Å². The standard InChI is InChI=1S/C26H24F3N5O4S/c1-37-21-12-16(3-6-20(21)38-19-5-4-17(14-30)11-18(19)26(27,28)29)13-22-24(36)33-25(39-22)32-7-2-9-34-10-8-31-23(35)15-34/h3-6,11-13H,2,7-10,15H2,1H3,(H,31,35)(H,32,33,36)/b22-13-. The number of amides is 2. The summed E-state index contributed by atoms with van der Waals surface area (Å²) in [6.45, 7) is 3.15. The molecule has 1 fully saturated rings. The number of alkyl halides is 3. The van der Waals surface area contributed by atoms with E-state index in [1.54, 1.807) is 18.2 Å². The lowest BCUT2D eigenvalue weighted by Gasteiger charge is -2.26. The smallest absolute Gasteiger partial charge is 0.420 e. The number of carbonyl (C=O) groups excluding carboxylic acids is 2. The molecule has 0 radical (unpaired) electrons. The first-order chi connectivity index (χ1) is 18.7. The van der Waals surface area contributed by atoms with Crippen LogP contribution in [0.15, 0.2) is 46.3 Å². The number of hydrogen-bond donors (Lipinski definition) is 2. The van der Waals surface area contributed by atoms with Gasteiger partial charge in [-0.2, -0.15) is 23.4 Å². The number of methoxy groups -OCH3 is 1. The molecule has 0 aromatic heterocycles. The molecule has 204 valence electrons. The maximum absolute atomic E-state index is 13.5. The molecule has 9 nitrogen and oxygen atoms in total. The summed E-state index contributed by atoms with van der Waals surface area (Å²) in [5.41, 5.74) is -0.665. The quantitative estimate of drug-likeness (QED) is 0.371. The highest BCUT2D eigenvalue weighted by Crippen LogP contribution is 2.41. The van der Waals surface area contributed by atoms with Gasteiger partial charge in [-0.3, -0.25) is 14.5 Å². The topological polar surface area (TPSA) is 116 Å². The Morgan fingerprint density at radius 1 is 1.21 bits per heavy atom. The number of thioether (sulfide) groups is 1. The molecule has 2 heterocycles. The van der Waals surface area contributed by atoms with E-state index >= 15 is 0 Å². The van der Waals surface area contributed by atoms with Crippen molar-refractivity contribution in [1.82, 2.24) is 15.5 Å². The fraction of sp³-hybridized carbons (Fsp3) is 0.308. The average Bonchev–Trinajstić information content (AvgIpc) is 3.25. The second-order valence-electron chi connectivity index (χ2n) is 8.57. The number of hydrogen-bond acceptors (Lipinski definition) is 8. The summed E-state index contributed by atoms with van der Waals surface area (Å²) in [4.78, 5) is 30.3. The summed E-state index contributed by atoms with van der Waals surface area (Å²) in [6.07, 6.45) is -2.35. The second-order valence-corrected chi connectivity index (χ2v) is 9.60. The fourth-order valence-corrected chi connectivity index (χ4v) is 4.74. The third kappa shape index (κ3) is 7.30. The summed E-state index contributed by atoms with van der Waals surface area (Å²) in [7, 11) is 1.35. The van der Waals surface area contributed by atoms with Crippen LogP contribution in [0.5, 0.6) is 17.2 Å². The maximum atomic E-state index is 13.5. The lowest BCUT2D eigenvalue weighted by atomic mass is 10.1. The minimum absolute atomic E-state index is 0.0156. The molecule has 39 heavy (non-hydrogen) atoms. The Balaban J connectivity index is 1.39. The number of piperazine rings is 1. The molecule has 2 aliphatic rings. The van der Waals surface area contributed by atoms with E-state index < -0.39 is 23.4 Å². The van der Waals surface area contributed by atoms with E-state index in [0.29, 0.717) is 35.3 Å². The average molecular weight is 560 g/mol. The summed E-state index contributed by atoms with van der Waals surface area (Å²) in [6, 6.07) is 9.28. The number of ether oxygens (including phenoxy) is 2. The molecule has 13 heteroatoms. The monoisotopic (exact) mass is 559 g/mol. The van der Waals surface area contributed by atoms with E-state index in [-0.39, 0.29) is 23.0 Å². The Labute approximate surface area is 226 Å². The van der Waals surface area contributed by atoms with Gasteiger partial charge in [-0.25, -0.2) is 0 Å². The van der Waals surface area contributed by atoms with Crippen molar-refractivity contribution < 1.29 is 32.2 Å². The van der Waals surface area contributed by atoms with Crippen molar-refractivity contribution in [2.45, 2.75) is 12.6 Å². The van der Waals surface area contributed by atoms with Crippen LogP contribution in [0.3, 0.4) is 0 Å². The van der Waals surface area contributed by atoms with Crippen LogP contribution in [0.2, 0.25) is 0 Å². The zero-order valence-electron chi connectivity index (χ0n) is 20.8. The number of amidine groups is 1. The largest absolute Gasteiger partial charge is 0.493 e. The molecular formula is C26H24F3N5O4S. The lowest BCUT2D eigenvalue weighted by molar-refractivity contribution is -0.138. The number of halogens is 3. The van der Waals surface area contributed by atoms with Crippen LogP contribution in [0.25, 0.3) is 6.08 Å². The van der Waals surface area contributed by atoms with Gasteiger partial charge in [-0.1, -0.05) is 6.07 Å². The normalized spacial score (nSPS) is 17.0. The molecule has 2 N–H and O–H groups in total. The maximum Gasteiger partial charge on any atom is 0.420 e. The number of nitrogens with one attached hydrogen (secondary N) is 2. The number of rotatable bonds is 8. The van der Waals surface area contributed by atoms with Gasteiger partial charge in [-0.05, 0) is 60.2 Å². The SMILES string of the molecule is COc1cc(/C=C2\SC(NCCCN3CCNC(=O)C3)=NC2=O)ccc1Oc1ccc(C#N)cc1C(F)(F)F. The van der Waals surface area contributed by atoms with Gasteiger partial charge in [0, 0.05) is 26.2 Å². The lowest BCUT2D eigenvalue weighted by Crippen LogP contribution is -2.48. The molecule has 0 unspecified atom stereocenters. The Bertz CT molecular complexity index is 1370. The van der Waals surface area contributed by atoms with Gasteiger partial charge < -0.3 is 20.1 Å². The summed E-state index contributed by atoms with van der Waals surface area (Å²) in [5, 5.41) is 15.3. The minimum atomic E-state index is -4.73. The molecule has 0 spiro atoms. The van der Waals surface area contributed by atoms with Crippen LogP contribution >= 0.6 is 11.8 Å². The Hall–Kier alpha value is -4.02. The third-order valence-corrected chi connectivity index (χ3v) is 6.73. The highest BCUT2D eigenvalue weighted by molar-refractivity contribution is 8.18. The van der Waals surface area contributed by atoms with Gasteiger partial charge in [-0.15, -0.1) is 0 Å². The zero-order valence-corrected chi connectivity index (χ0v) is 21.6. The van der Waals surface area contributed by atoms with Crippen molar-refractivity contribution in [1.29, 1.82) is 5.26 Å². The van der Waals surface area contributed by atoms with Crippen molar-refractivity contribution >= 4 is 34.8 Å². The van der Waals surface area contributed by atoms with Gasteiger partial charge in [0.25, 0.3) is 5.91 Å². The zero-order chi connectivity index (χ0) is 28.0. The molecule has 2 aliphatic heterocycles. The summed E-state index contributed by atoms with van der Waals surface area (Å²) >= 11 is 1.18. The van der Waals surface area contributed by atoms with Crippen LogP contribution in [0.1, 0.15) is 23.1 Å². The van der Waals surface area contributed by atoms with Crippen molar-refractivity contribution in [3.05, 3.63) is 58.0 Å². The Kier molecular flexibility index (Phi) is 8.78. The van der Waals surface area contributed by atoms with Crippen molar-refractivity contribution in [2.24, 2.45) is 4.99 Å². The van der Waals surface area contributed by atoms with Crippen LogP contribution in [-0.2, 0) is 15.8 Å². The van der Waals surface area contributed by atoms with Gasteiger partial charge in [0.15, 0.2) is 16.7 Å². The van der Waals surface area contributed by atoms with E-state index in [4.69, 9.17) is 14.7 Å². The molecule has 0 aliphatic carbocycles. The number of carbonyl (C=O) groups is 2. The molecular weight excluding hydrogens is 535 g/mol. The molecule has 2 aromatic carbocycles. The highest BCUT2D eigenvalue weighted by Gasteiger charge is 2.35. The van der Waals surface area contributed by atoms with E-state index in [1.807, 2.05) is 0 Å². The number of nitrogens with zero attached hydrogens (tertiary/aromatic N) is 3. The first kappa shape index (κ1) is 28.0. The molecule has 0 saturated carbocycles. The van der Waals surface area contributed by atoms with Crippen molar-refractivity contribution in [3.8, 4) is 23.3 Å². The summed E-state index contributed by atoms with van der Waals surface area (Å²) in [5.74, 6) is -0.683. The molecule has 2 aromatic rings. The van der Waals surface area contributed by atoms with Crippen molar-refractivity contribution in [2.75, 3.05) is 39.8 Å². The molecule has 2 amide bonds. The van der Waals surface area contributed by atoms with E-state index in [1.165, 1.54) is 37.1 Å². The van der Waals surface area contributed by atoms with Crippen LogP contribution in [-0.4, -0.2) is 61.7 Å². The van der Waals surface area contributed by atoms with Gasteiger partial charge in [0.1, 0.15) is 5.75 Å². The molecule has 1 saturated heterocycles. The number of aliphatic imine (C=N–C) groups is 1. The fourth-order valence-electron chi connectivity index (χ4n) is 3.90.